The van der Waals surface area contributed by atoms with Gasteiger partial charge in [0.05, 0.1) is 29.3 Å². The van der Waals surface area contributed by atoms with Crippen molar-refractivity contribution >= 4 is 32.6 Å². The van der Waals surface area contributed by atoms with Crippen molar-refractivity contribution in [3.63, 3.8) is 0 Å². The second-order valence-electron chi connectivity index (χ2n) is 9.48. The molecule has 36 heavy (non-hydrogen) atoms. The molecule has 3 aromatic carbocycles. The van der Waals surface area contributed by atoms with Gasteiger partial charge in [-0.3, -0.25) is 14.6 Å². The summed E-state index contributed by atoms with van der Waals surface area (Å²) in [5, 5.41) is 0.749. The van der Waals surface area contributed by atoms with E-state index in [1.165, 1.54) is 11.1 Å². The zero-order chi connectivity index (χ0) is 24.6. The molecule has 0 atom stereocenters. The van der Waals surface area contributed by atoms with Crippen molar-refractivity contribution in [1.29, 1.82) is 0 Å². The summed E-state index contributed by atoms with van der Waals surface area (Å²) in [7, 11) is 0. The van der Waals surface area contributed by atoms with Crippen LogP contribution in [0.25, 0.3) is 10.2 Å². The Balaban J connectivity index is 1.42. The van der Waals surface area contributed by atoms with Crippen LogP contribution in [0.15, 0.2) is 60.7 Å². The number of carbonyl (C=O) groups excluding carboxylic acids is 1. The number of thiazole rings is 1. The minimum atomic E-state index is -0.453. The molecule has 6 nitrogen and oxygen atoms in total. The minimum absolute atomic E-state index is 0.0277. The summed E-state index contributed by atoms with van der Waals surface area (Å²) in [5.74, 6) is 1.04. The summed E-state index contributed by atoms with van der Waals surface area (Å²) < 4.78 is 12.8. The number of rotatable bonds is 5. The first-order chi connectivity index (χ1) is 17.6. The maximum absolute atomic E-state index is 14.5. The van der Waals surface area contributed by atoms with Gasteiger partial charge in [-0.15, -0.1) is 0 Å². The van der Waals surface area contributed by atoms with Gasteiger partial charge in [-0.25, -0.2) is 4.98 Å². The Kier molecular flexibility index (Phi) is 6.21. The van der Waals surface area contributed by atoms with Crippen LogP contribution in [0, 0.1) is 13.8 Å². The van der Waals surface area contributed by atoms with Crippen molar-refractivity contribution in [2.45, 2.75) is 19.8 Å². The van der Waals surface area contributed by atoms with Gasteiger partial charge in [-0.05, 0) is 43.2 Å². The molecule has 2 aliphatic rings. The summed E-state index contributed by atoms with van der Waals surface area (Å²) >= 11 is 1.60. The van der Waals surface area contributed by atoms with Crippen LogP contribution in [0.3, 0.4) is 0 Å². The van der Waals surface area contributed by atoms with Gasteiger partial charge < -0.3 is 9.47 Å². The van der Waals surface area contributed by atoms with Crippen molar-refractivity contribution in [1.82, 2.24) is 9.88 Å². The number of aryl methyl sites for hydroxylation is 2. The molecule has 0 unspecified atom stereocenters. The number of benzene rings is 3. The van der Waals surface area contributed by atoms with Crippen molar-refractivity contribution in [3.8, 4) is 11.5 Å². The lowest BCUT2D eigenvalue weighted by atomic mass is 9.87. The van der Waals surface area contributed by atoms with E-state index in [2.05, 4.69) is 30.9 Å². The van der Waals surface area contributed by atoms with Gasteiger partial charge in [0, 0.05) is 37.3 Å². The largest absolute Gasteiger partial charge is 0.457 e. The highest BCUT2D eigenvalue weighted by atomic mass is 32.1. The number of amides is 1. The Morgan fingerprint density at radius 3 is 2.39 bits per heavy atom. The van der Waals surface area contributed by atoms with E-state index >= 15 is 0 Å². The molecule has 1 amide bonds. The first-order valence-electron chi connectivity index (χ1n) is 12.4. The molecule has 4 aromatic rings. The van der Waals surface area contributed by atoms with Crippen LogP contribution in [0.5, 0.6) is 11.5 Å². The van der Waals surface area contributed by atoms with Crippen LogP contribution in [0.1, 0.15) is 28.2 Å². The maximum atomic E-state index is 14.5. The summed E-state index contributed by atoms with van der Waals surface area (Å²) in [6, 6.07) is 20.0. The molecule has 1 aromatic heterocycles. The Bertz CT molecular complexity index is 1380. The van der Waals surface area contributed by atoms with Crippen LogP contribution in [-0.2, 0) is 9.53 Å². The Hall–Kier alpha value is -3.26. The summed E-state index contributed by atoms with van der Waals surface area (Å²) in [4.78, 5) is 23.8. The van der Waals surface area contributed by atoms with E-state index in [9.17, 15) is 4.79 Å². The van der Waals surface area contributed by atoms with Gasteiger partial charge in [0.1, 0.15) is 11.5 Å². The highest BCUT2D eigenvalue weighted by Gasteiger charge is 2.36. The Morgan fingerprint density at radius 1 is 1.03 bits per heavy atom. The fraction of sp³-hybridized carbons (Fsp3) is 0.310. The van der Waals surface area contributed by atoms with Gasteiger partial charge in [0.2, 0.25) is 5.91 Å². The summed E-state index contributed by atoms with van der Waals surface area (Å²) in [6.45, 7) is 8.76. The van der Waals surface area contributed by atoms with Gasteiger partial charge in [0.25, 0.3) is 0 Å². The third kappa shape index (κ3) is 4.28. The number of anilines is 1. The topological polar surface area (TPSA) is 54.9 Å². The molecule has 3 heterocycles. The predicted molar refractivity (Wildman–Crippen MR) is 144 cm³/mol. The van der Waals surface area contributed by atoms with Crippen LogP contribution in [0.2, 0.25) is 0 Å². The molecule has 0 bridgehead atoms. The molecule has 0 spiro atoms. The van der Waals surface area contributed by atoms with Crippen molar-refractivity contribution < 1.29 is 14.3 Å². The molecular weight excluding hydrogens is 470 g/mol. The molecule has 1 saturated heterocycles. The first kappa shape index (κ1) is 23.2. The molecule has 2 aliphatic heterocycles. The smallest absolute Gasteiger partial charge is 0.241 e. The van der Waals surface area contributed by atoms with Gasteiger partial charge >= 0.3 is 0 Å². The van der Waals surface area contributed by atoms with Gasteiger partial charge in [0.15, 0.2) is 5.13 Å². The molecule has 0 N–H and O–H groups in total. The number of hydrogen-bond acceptors (Lipinski definition) is 6. The lowest BCUT2D eigenvalue weighted by molar-refractivity contribution is -0.119. The zero-order valence-electron chi connectivity index (χ0n) is 20.6. The maximum Gasteiger partial charge on any atom is 0.241 e. The van der Waals surface area contributed by atoms with E-state index in [4.69, 9.17) is 14.5 Å². The standard InChI is InChI=1S/C29H29N3O3S/c1-19-17-20(2)27-23(18-19)30-29(36-27)32(12-11-31-13-15-34-16-14-31)28(33)26-21-7-3-5-9-24(21)35-25-10-6-4-8-22(25)26/h3-10,17-18,26H,11-16H2,1-2H3. The van der Waals surface area contributed by atoms with Crippen molar-refractivity contribution in [3.05, 3.63) is 82.9 Å². The molecular formula is C29H29N3O3S. The van der Waals surface area contributed by atoms with E-state index in [0.29, 0.717) is 6.54 Å². The number of morpholine rings is 1. The second-order valence-corrected chi connectivity index (χ2v) is 10.5. The molecule has 0 aliphatic carbocycles. The third-order valence-electron chi connectivity index (χ3n) is 6.98. The van der Waals surface area contributed by atoms with Crippen LogP contribution in [-0.4, -0.2) is 55.2 Å². The summed E-state index contributed by atoms with van der Waals surface area (Å²) in [5.41, 5.74) is 5.10. The van der Waals surface area contributed by atoms with Crippen LogP contribution < -0.4 is 9.64 Å². The van der Waals surface area contributed by atoms with E-state index in [0.717, 1.165) is 70.8 Å². The molecule has 6 rings (SSSR count). The number of fused-ring (bicyclic) bond motifs is 3. The van der Waals surface area contributed by atoms with Crippen LogP contribution in [0.4, 0.5) is 5.13 Å². The van der Waals surface area contributed by atoms with E-state index in [1.807, 2.05) is 53.4 Å². The third-order valence-corrected chi connectivity index (χ3v) is 8.21. The average Bonchev–Trinajstić information content (AvgIpc) is 3.32. The normalized spacial score (nSPS) is 15.8. The van der Waals surface area contributed by atoms with E-state index < -0.39 is 5.92 Å². The number of aromatic nitrogens is 1. The predicted octanol–water partition coefficient (Wildman–Crippen LogP) is 5.52. The molecule has 7 heteroatoms. The van der Waals surface area contributed by atoms with Crippen molar-refractivity contribution in [2.24, 2.45) is 0 Å². The Morgan fingerprint density at radius 2 is 1.69 bits per heavy atom. The fourth-order valence-electron chi connectivity index (χ4n) is 5.18. The summed E-state index contributed by atoms with van der Waals surface area (Å²) in [6.07, 6.45) is 0. The number of ether oxygens (including phenoxy) is 2. The van der Waals surface area contributed by atoms with Gasteiger partial charge in [-0.2, -0.15) is 0 Å². The van der Waals surface area contributed by atoms with Gasteiger partial charge in [-0.1, -0.05) is 53.8 Å². The number of nitrogens with zero attached hydrogens (tertiary/aromatic N) is 3. The number of hydrogen-bond donors (Lipinski definition) is 0. The quantitative estimate of drug-likeness (QED) is 0.362. The van der Waals surface area contributed by atoms with E-state index in [1.54, 1.807) is 11.3 Å². The van der Waals surface area contributed by atoms with Crippen molar-refractivity contribution in [2.75, 3.05) is 44.3 Å². The van der Waals surface area contributed by atoms with Crippen LogP contribution >= 0.6 is 11.3 Å². The fourth-order valence-corrected chi connectivity index (χ4v) is 6.23. The molecule has 1 fully saturated rings. The minimum Gasteiger partial charge on any atom is -0.457 e. The number of para-hydroxylation sites is 2. The highest BCUT2D eigenvalue weighted by molar-refractivity contribution is 7.22. The average molecular weight is 500 g/mol. The lowest BCUT2D eigenvalue weighted by Crippen LogP contribution is -2.44. The molecule has 0 saturated carbocycles. The SMILES string of the molecule is Cc1cc(C)c2sc(N(CCN3CCOCC3)C(=O)C3c4ccccc4Oc4ccccc43)nc2c1. The second kappa shape index (κ2) is 9.65. The highest BCUT2D eigenvalue weighted by Crippen LogP contribution is 2.45. The molecule has 184 valence electrons. The number of carbonyl (C=O) groups is 1. The molecule has 0 radical (unpaired) electrons. The zero-order valence-corrected chi connectivity index (χ0v) is 21.4. The Labute approximate surface area is 215 Å². The monoisotopic (exact) mass is 499 g/mol. The first-order valence-corrected chi connectivity index (χ1v) is 13.2. The van der Waals surface area contributed by atoms with E-state index in [-0.39, 0.29) is 5.91 Å². The lowest BCUT2D eigenvalue weighted by Gasteiger charge is -2.33.